The summed E-state index contributed by atoms with van der Waals surface area (Å²) in [6.07, 6.45) is 4.13. The zero-order valence-electron chi connectivity index (χ0n) is 18.5. The van der Waals surface area contributed by atoms with Crippen molar-refractivity contribution < 1.29 is 19.2 Å². The number of rotatable bonds is 9. The van der Waals surface area contributed by atoms with Crippen LogP contribution in [0.15, 0.2) is 0 Å². The van der Waals surface area contributed by atoms with Gasteiger partial charge in [-0.1, -0.05) is 13.8 Å². The van der Waals surface area contributed by atoms with Crippen LogP contribution >= 0.6 is 11.8 Å². The molecule has 0 bridgehead atoms. The van der Waals surface area contributed by atoms with Crippen LogP contribution in [0.4, 0.5) is 0 Å². The minimum absolute atomic E-state index is 0.0637. The molecule has 0 aromatic carbocycles. The highest BCUT2D eigenvalue weighted by Crippen LogP contribution is 2.33. The molecule has 0 radical (unpaired) electrons. The third kappa shape index (κ3) is 6.30. The van der Waals surface area contributed by atoms with Crippen molar-refractivity contribution in [3.05, 3.63) is 0 Å². The van der Waals surface area contributed by atoms with Crippen LogP contribution in [-0.4, -0.2) is 63.9 Å². The Hall–Kier alpha value is -1.37. The number of imide groups is 1. The van der Waals surface area contributed by atoms with Gasteiger partial charge in [0.1, 0.15) is 5.78 Å². The van der Waals surface area contributed by atoms with Crippen molar-refractivity contribution in [2.24, 2.45) is 17.8 Å². The van der Waals surface area contributed by atoms with E-state index in [1.165, 1.54) is 16.7 Å². The van der Waals surface area contributed by atoms with Gasteiger partial charge in [-0.15, -0.1) is 11.8 Å². The number of likely N-dealkylation sites (tertiary alicyclic amines) is 1. The van der Waals surface area contributed by atoms with Crippen LogP contribution in [0.2, 0.25) is 0 Å². The number of nitrogens with zero attached hydrogens (tertiary/aromatic N) is 2. The van der Waals surface area contributed by atoms with E-state index in [0.717, 1.165) is 25.7 Å². The molecule has 1 atom stereocenters. The predicted octanol–water partition coefficient (Wildman–Crippen LogP) is 3.14. The Balaban J connectivity index is 1.78. The topological polar surface area (TPSA) is 74.8 Å². The average Bonchev–Trinajstić information content (AvgIpc) is 2.94. The van der Waals surface area contributed by atoms with Crippen molar-refractivity contribution in [2.45, 2.75) is 77.5 Å². The SMILES string of the molecule is CC(C)C(=O)C1CCC(CN2C(=O)CC(SCCC(=O)N(C)C(C)C)C2=O)CC1. The molecule has 1 saturated heterocycles. The highest BCUT2D eigenvalue weighted by atomic mass is 32.2. The first-order valence-corrected chi connectivity index (χ1v) is 11.9. The van der Waals surface area contributed by atoms with E-state index < -0.39 is 0 Å². The molecule has 164 valence electrons. The highest BCUT2D eigenvalue weighted by Gasteiger charge is 2.40. The molecule has 1 heterocycles. The van der Waals surface area contributed by atoms with Crippen LogP contribution in [0.3, 0.4) is 0 Å². The van der Waals surface area contributed by atoms with Gasteiger partial charge in [0.15, 0.2) is 0 Å². The van der Waals surface area contributed by atoms with Crippen molar-refractivity contribution in [1.82, 2.24) is 9.80 Å². The number of hydrogen-bond acceptors (Lipinski definition) is 5. The van der Waals surface area contributed by atoms with E-state index >= 15 is 0 Å². The van der Waals surface area contributed by atoms with Gasteiger partial charge in [-0.05, 0) is 45.4 Å². The van der Waals surface area contributed by atoms with Crippen LogP contribution in [0.25, 0.3) is 0 Å². The molecule has 0 spiro atoms. The van der Waals surface area contributed by atoms with Crippen molar-refractivity contribution in [2.75, 3.05) is 19.3 Å². The first-order valence-electron chi connectivity index (χ1n) is 10.9. The van der Waals surface area contributed by atoms with Crippen LogP contribution in [-0.2, 0) is 19.2 Å². The van der Waals surface area contributed by atoms with Gasteiger partial charge in [0.25, 0.3) is 0 Å². The number of Topliss-reactive ketones (excluding diaryl/α,β-unsaturated/α-hetero) is 1. The van der Waals surface area contributed by atoms with E-state index in [1.807, 2.05) is 27.7 Å². The maximum absolute atomic E-state index is 12.7. The van der Waals surface area contributed by atoms with E-state index in [9.17, 15) is 19.2 Å². The number of carbonyl (C=O) groups is 4. The van der Waals surface area contributed by atoms with Gasteiger partial charge >= 0.3 is 0 Å². The van der Waals surface area contributed by atoms with Gasteiger partial charge in [-0.3, -0.25) is 24.1 Å². The molecule has 2 fully saturated rings. The third-order valence-electron chi connectivity index (χ3n) is 6.26. The van der Waals surface area contributed by atoms with Crippen LogP contribution in [0.1, 0.15) is 66.2 Å². The number of thioether (sulfide) groups is 1. The fourth-order valence-electron chi connectivity index (χ4n) is 4.09. The number of hydrogen-bond donors (Lipinski definition) is 0. The Bertz CT molecular complexity index is 626. The molecular weight excluding hydrogens is 388 g/mol. The summed E-state index contributed by atoms with van der Waals surface area (Å²) < 4.78 is 0. The number of ketones is 1. The van der Waals surface area contributed by atoms with Crippen molar-refractivity contribution >= 4 is 35.3 Å². The van der Waals surface area contributed by atoms with E-state index in [0.29, 0.717) is 30.4 Å². The maximum Gasteiger partial charge on any atom is 0.242 e. The van der Waals surface area contributed by atoms with Crippen molar-refractivity contribution in [3.8, 4) is 0 Å². The zero-order valence-corrected chi connectivity index (χ0v) is 19.3. The zero-order chi connectivity index (χ0) is 21.7. The lowest BCUT2D eigenvalue weighted by atomic mass is 9.77. The number of amides is 3. The molecule has 3 amide bonds. The molecule has 1 saturated carbocycles. The molecule has 1 aliphatic carbocycles. The largest absolute Gasteiger partial charge is 0.343 e. The van der Waals surface area contributed by atoms with E-state index in [4.69, 9.17) is 0 Å². The molecule has 0 N–H and O–H groups in total. The Morgan fingerprint density at radius 3 is 2.28 bits per heavy atom. The molecule has 1 aliphatic heterocycles. The van der Waals surface area contributed by atoms with Crippen LogP contribution in [0, 0.1) is 17.8 Å². The van der Waals surface area contributed by atoms with E-state index in [1.54, 1.807) is 11.9 Å². The molecule has 7 heteroatoms. The minimum atomic E-state index is -0.362. The Kier molecular flexibility index (Phi) is 8.73. The summed E-state index contributed by atoms with van der Waals surface area (Å²) in [5.74, 6) is 1.26. The quantitative estimate of drug-likeness (QED) is 0.532. The molecule has 29 heavy (non-hydrogen) atoms. The summed E-state index contributed by atoms with van der Waals surface area (Å²) in [4.78, 5) is 52.5. The second-order valence-electron chi connectivity index (χ2n) is 9.03. The van der Waals surface area contributed by atoms with Gasteiger partial charge < -0.3 is 4.90 Å². The Morgan fingerprint density at radius 2 is 1.72 bits per heavy atom. The molecular formula is C22H36N2O4S. The molecule has 2 rings (SSSR count). The van der Waals surface area contributed by atoms with Crippen molar-refractivity contribution in [1.29, 1.82) is 0 Å². The molecule has 6 nitrogen and oxygen atoms in total. The average molecular weight is 425 g/mol. The van der Waals surface area contributed by atoms with Gasteiger partial charge in [0, 0.05) is 50.1 Å². The predicted molar refractivity (Wildman–Crippen MR) is 115 cm³/mol. The molecule has 2 aliphatic rings. The molecule has 1 unspecified atom stereocenters. The minimum Gasteiger partial charge on any atom is -0.343 e. The summed E-state index contributed by atoms with van der Waals surface area (Å²) in [7, 11) is 1.78. The standard InChI is InChI=1S/C22H36N2O4S/c1-14(2)21(27)17-8-6-16(7-9-17)13-24-20(26)12-18(22(24)28)29-11-10-19(25)23(5)15(3)4/h14-18H,6-13H2,1-5H3. The Labute approximate surface area is 179 Å². The number of carbonyl (C=O) groups excluding carboxylic acids is 4. The van der Waals surface area contributed by atoms with Crippen LogP contribution in [0.5, 0.6) is 0 Å². The second-order valence-corrected chi connectivity index (χ2v) is 10.3. The molecule has 0 aromatic rings. The second kappa shape index (κ2) is 10.6. The lowest BCUT2D eigenvalue weighted by molar-refractivity contribution is -0.139. The summed E-state index contributed by atoms with van der Waals surface area (Å²) in [6, 6.07) is 0.156. The smallest absolute Gasteiger partial charge is 0.242 e. The fraction of sp³-hybridized carbons (Fsp3) is 0.818. The lowest BCUT2D eigenvalue weighted by Gasteiger charge is -2.30. The first-order chi connectivity index (χ1) is 13.6. The highest BCUT2D eigenvalue weighted by molar-refractivity contribution is 8.00. The third-order valence-corrected chi connectivity index (χ3v) is 7.47. The summed E-state index contributed by atoms with van der Waals surface area (Å²) >= 11 is 1.42. The van der Waals surface area contributed by atoms with Gasteiger partial charge in [0.05, 0.1) is 5.25 Å². The van der Waals surface area contributed by atoms with Gasteiger partial charge in [-0.2, -0.15) is 0 Å². The van der Waals surface area contributed by atoms with Crippen LogP contribution < -0.4 is 0 Å². The maximum atomic E-state index is 12.7. The summed E-state index contributed by atoms with van der Waals surface area (Å²) in [5.41, 5.74) is 0. The normalized spacial score (nSPS) is 25.2. The van der Waals surface area contributed by atoms with Gasteiger partial charge in [-0.25, -0.2) is 0 Å². The molecule has 0 aromatic heterocycles. The van der Waals surface area contributed by atoms with Crippen molar-refractivity contribution in [3.63, 3.8) is 0 Å². The monoisotopic (exact) mass is 424 g/mol. The van der Waals surface area contributed by atoms with E-state index in [-0.39, 0.29) is 47.3 Å². The van der Waals surface area contributed by atoms with Gasteiger partial charge in [0.2, 0.25) is 17.7 Å². The fourth-order valence-corrected chi connectivity index (χ4v) is 5.19. The Morgan fingerprint density at radius 1 is 1.10 bits per heavy atom. The lowest BCUT2D eigenvalue weighted by Crippen LogP contribution is -2.37. The van der Waals surface area contributed by atoms with E-state index in [2.05, 4.69) is 0 Å². The summed E-state index contributed by atoms with van der Waals surface area (Å²) in [5, 5.41) is -0.362. The first kappa shape index (κ1) is 23.9. The summed E-state index contributed by atoms with van der Waals surface area (Å²) in [6.45, 7) is 8.30.